The number of hydrogen-bond acceptors (Lipinski definition) is 4. The lowest BCUT2D eigenvalue weighted by molar-refractivity contribution is -0.163. The minimum Gasteiger partial charge on any atom is -0.387 e. The zero-order chi connectivity index (χ0) is 27.5. The summed E-state index contributed by atoms with van der Waals surface area (Å²) in [7, 11) is 0. The molecule has 5 nitrogen and oxygen atoms in total. The molecule has 6 aliphatic rings. The summed E-state index contributed by atoms with van der Waals surface area (Å²) in [6, 6.07) is 2.27. The lowest BCUT2D eigenvalue weighted by Crippen LogP contribution is -2.69. The molecule has 1 amide bonds. The highest BCUT2D eigenvalue weighted by atomic mass is 16.3. The largest absolute Gasteiger partial charge is 0.387 e. The maximum Gasteiger partial charge on any atom is 0.223 e. The molecule has 9 atom stereocenters. The number of aliphatic hydroxyl groups is 1. The molecule has 4 fully saturated rings. The van der Waals surface area contributed by atoms with Crippen molar-refractivity contribution in [3.63, 3.8) is 0 Å². The predicted molar refractivity (Wildman–Crippen MR) is 146 cm³/mol. The molecule has 0 saturated heterocycles. The second-order valence-electron chi connectivity index (χ2n) is 15.5. The molecular weight excluding hydrogens is 472 g/mol. The van der Waals surface area contributed by atoms with E-state index in [2.05, 4.69) is 52.9 Å². The molecule has 5 heteroatoms. The second kappa shape index (κ2) is 8.06. The quantitative estimate of drug-likeness (QED) is 0.477. The minimum atomic E-state index is -0.736. The zero-order valence-electron chi connectivity index (χ0n) is 24.2. The first-order chi connectivity index (χ1) is 17.7. The molecule has 0 aromatic rings. The molecule has 0 aliphatic heterocycles. The number of rotatable bonds is 2. The van der Waals surface area contributed by atoms with Crippen LogP contribution in [0.25, 0.3) is 0 Å². The van der Waals surface area contributed by atoms with Crippen molar-refractivity contribution in [3.05, 3.63) is 23.3 Å². The van der Waals surface area contributed by atoms with Crippen molar-refractivity contribution in [1.82, 2.24) is 5.32 Å². The first-order valence-electron chi connectivity index (χ1n) is 15.1. The highest BCUT2D eigenvalue weighted by molar-refractivity contribution is 5.96. The number of nitrogens with zero attached hydrogens (tertiary/aromatic N) is 1. The molecule has 6 rings (SSSR count). The average molecular weight is 519 g/mol. The average Bonchev–Trinajstić information content (AvgIpc) is 3.69. The van der Waals surface area contributed by atoms with Crippen molar-refractivity contribution < 1.29 is 14.7 Å². The minimum absolute atomic E-state index is 0.0264. The number of aliphatic hydroxyl groups excluding tert-OH is 1. The molecule has 0 radical (unpaired) electrons. The molecule has 0 aromatic heterocycles. The fraction of sp³-hybridized carbons (Fsp3) is 0.788. The Kier molecular flexibility index (Phi) is 5.58. The Morgan fingerprint density at radius 1 is 1.03 bits per heavy atom. The highest BCUT2D eigenvalue weighted by Crippen LogP contribution is 2.72. The summed E-state index contributed by atoms with van der Waals surface area (Å²) in [6.45, 7) is 13.7. The van der Waals surface area contributed by atoms with Gasteiger partial charge in [0, 0.05) is 22.8 Å². The number of nitriles is 1. The van der Waals surface area contributed by atoms with E-state index in [1.807, 2.05) is 12.2 Å². The Balaban J connectivity index is 1.47. The maximum atomic E-state index is 14.5. The Bertz CT molecular complexity index is 1190. The SMILES string of the molecule is C[C@@H]1C(O)C(C#N)=C[C@]2(C)C3=CC(=O)[C@H]4C5CC(C)(C)CC[C@]5(NC(=O)C5CC5)CC[C@@]4(C)[C@]3(C)CC[C@@H]12. The van der Waals surface area contributed by atoms with E-state index in [0.717, 1.165) is 57.8 Å². The van der Waals surface area contributed by atoms with E-state index in [0.29, 0.717) is 5.57 Å². The third kappa shape index (κ3) is 3.38. The predicted octanol–water partition coefficient (Wildman–Crippen LogP) is 5.89. The Labute approximate surface area is 228 Å². The van der Waals surface area contributed by atoms with Gasteiger partial charge in [-0.25, -0.2) is 0 Å². The Morgan fingerprint density at radius 2 is 1.71 bits per heavy atom. The van der Waals surface area contributed by atoms with Crippen molar-refractivity contribution in [3.8, 4) is 6.07 Å². The lowest BCUT2D eigenvalue weighted by Gasteiger charge is -2.69. The lowest BCUT2D eigenvalue weighted by atomic mass is 9.35. The number of ketones is 1. The first kappa shape index (κ1) is 26.3. The van der Waals surface area contributed by atoms with Gasteiger partial charge in [0.25, 0.3) is 0 Å². The third-order valence-electron chi connectivity index (χ3n) is 13.0. The molecule has 2 unspecified atom stereocenters. The number of amides is 1. The summed E-state index contributed by atoms with van der Waals surface area (Å²) in [4.78, 5) is 27.6. The van der Waals surface area contributed by atoms with Crippen molar-refractivity contribution in [2.45, 2.75) is 111 Å². The van der Waals surface area contributed by atoms with Crippen LogP contribution < -0.4 is 5.32 Å². The summed E-state index contributed by atoms with van der Waals surface area (Å²) >= 11 is 0. The number of carbonyl (C=O) groups is 2. The standard InChI is InChI=1S/C33H46N2O3/c1-19-22-9-10-31(5)25(30(22,4)16-21(18-34)27(19)37)15-24(36)26-23-17-29(2,3)11-13-33(23,14-12-32(26,31)6)35-28(38)20-7-8-20/h15-16,19-20,22-23,26-27,37H,7-14,17H2,1-6H3,(H,35,38)/t19-,22-,23?,26+,27?,30-,31+,32+,33-/m0/s1. The smallest absolute Gasteiger partial charge is 0.223 e. The molecular formula is C33H46N2O3. The van der Waals surface area contributed by atoms with Crippen molar-refractivity contribution in [1.29, 1.82) is 5.26 Å². The van der Waals surface area contributed by atoms with Crippen molar-refractivity contribution in [2.24, 2.45) is 51.2 Å². The molecule has 0 spiro atoms. The number of fused-ring (bicyclic) bond motifs is 7. The second-order valence-corrected chi connectivity index (χ2v) is 15.5. The monoisotopic (exact) mass is 518 g/mol. The number of carbonyl (C=O) groups excluding carboxylic acids is 2. The van der Waals surface area contributed by atoms with Crippen LogP contribution in [-0.2, 0) is 9.59 Å². The third-order valence-corrected chi connectivity index (χ3v) is 13.0. The van der Waals surface area contributed by atoms with Gasteiger partial charge in [0.1, 0.15) is 0 Å². The van der Waals surface area contributed by atoms with E-state index >= 15 is 0 Å². The van der Waals surface area contributed by atoms with Crippen LogP contribution in [0.2, 0.25) is 0 Å². The molecule has 0 aromatic carbocycles. The van der Waals surface area contributed by atoms with Gasteiger partial charge in [-0.3, -0.25) is 9.59 Å². The van der Waals surface area contributed by atoms with Gasteiger partial charge in [-0.05, 0) is 97.9 Å². The van der Waals surface area contributed by atoms with Crippen LogP contribution in [0.3, 0.4) is 0 Å². The topological polar surface area (TPSA) is 90.2 Å². The zero-order valence-corrected chi connectivity index (χ0v) is 24.2. The summed E-state index contributed by atoms with van der Waals surface area (Å²) in [5, 5.41) is 24.3. The molecule has 4 saturated carbocycles. The summed E-state index contributed by atoms with van der Waals surface area (Å²) in [6.07, 6.45) is 12.1. The van der Waals surface area contributed by atoms with Crippen LogP contribution in [0, 0.1) is 62.6 Å². The summed E-state index contributed by atoms with van der Waals surface area (Å²) in [5.74, 6) is 0.797. The molecule has 0 bridgehead atoms. The van der Waals surface area contributed by atoms with Crippen LogP contribution in [0.1, 0.15) is 99.3 Å². The van der Waals surface area contributed by atoms with Gasteiger partial charge in [-0.2, -0.15) is 5.26 Å². The number of allylic oxidation sites excluding steroid dienone is 3. The van der Waals surface area contributed by atoms with E-state index in [-0.39, 0.29) is 63.1 Å². The van der Waals surface area contributed by atoms with Gasteiger partial charge in [-0.1, -0.05) is 53.2 Å². The Morgan fingerprint density at radius 3 is 2.37 bits per heavy atom. The van der Waals surface area contributed by atoms with E-state index in [4.69, 9.17) is 0 Å². The maximum absolute atomic E-state index is 14.5. The van der Waals surface area contributed by atoms with Crippen molar-refractivity contribution in [2.75, 3.05) is 0 Å². The van der Waals surface area contributed by atoms with Crippen LogP contribution in [0.4, 0.5) is 0 Å². The Hall–Kier alpha value is -1.93. The normalized spacial score (nSPS) is 49.2. The fourth-order valence-corrected chi connectivity index (χ4v) is 10.3. The van der Waals surface area contributed by atoms with E-state index in [9.17, 15) is 20.0 Å². The van der Waals surface area contributed by atoms with Gasteiger partial charge >= 0.3 is 0 Å². The fourth-order valence-electron chi connectivity index (χ4n) is 10.3. The van der Waals surface area contributed by atoms with Crippen LogP contribution in [0.5, 0.6) is 0 Å². The summed E-state index contributed by atoms with van der Waals surface area (Å²) in [5.41, 5.74) is 0.681. The number of hydrogen-bond donors (Lipinski definition) is 2. The van der Waals surface area contributed by atoms with Gasteiger partial charge < -0.3 is 10.4 Å². The molecule has 2 N–H and O–H groups in total. The van der Waals surface area contributed by atoms with Crippen LogP contribution in [-0.4, -0.2) is 28.4 Å². The molecule has 6 aliphatic carbocycles. The van der Waals surface area contributed by atoms with E-state index < -0.39 is 11.5 Å². The van der Waals surface area contributed by atoms with Crippen molar-refractivity contribution >= 4 is 11.7 Å². The number of nitrogens with one attached hydrogen (secondary N) is 1. The van der Waals surface area contributed by atoms with E-state index in [1.165, 1.54) is 5.57 Å². The first-order valence-corrected chi connectivity index (χ1v) is 15.1. The van der Waals surface area contributed by atoms with Gasteiger partial charge in [0.05, 0.1) is 17.7 Å². The van der Waals surface area contributed by atoms with Gasteiger partial charge in [0.15, 0.2) is 5.78 Å². The van der Waals surface area contributed by atoms with Crippen LogP contribution >= 0.6 is 0 Å². The van der Waals surface area contributed by atoms with Gasteiger partial charge in [-0.15, -0.1) is 0 Å². The molecule has 0 heterocycles. The molecule has 38 heavy (non-hydrogen) atoms. The van der Waals surface area contributed by atoms with E-state index in [1.54, 1.807) is 0 Å². The van der Waals surface area contributed by atoms with Gasteiger partial charge in [0.2, 0.25) is 5.91 Å². The van der Waals surface area contributed by atoms with Crippen LogP contribution in [0.15, 0.2) is 23.3 Å². The molecule has 206 valence electrons. The summed E-state index contributed by atoms with van der Waals surface area (Å²) < 4.78 is 0. The highest BCUT2D eigenvalue weighted by Gasteiger charge is 2.69.